The standard InChI is InChI=1S/C35H49N7O5/c1-22(2)32(44)41-21-29(25-10-12-27(13-11-25)40-16-14-39(7)15-17-40)42(20-23(41)3)33(45)31(43)37-26-18-28(24-8-9-24)30(36-19-26)38-34(46)47-35(4,5)6/h10-13,18-19,22-24,29H,8-9,14-17,20-21H2,1-7H3,(H,37,43)(H,36,38,46). The van der Waals surface area contributed by atoms with Gasteiger partial charge in [-0.05, 0) is 77.3 Å². The second-order valence-corrected chi connectivity index (χ2v) is 14.4. The van der Waals surface area contributed by atoms with Gasteiger partial charge < -0.3 is 29.7 Å². The van der Waals surface area contributed by atoms with Crippen molar-refractivity contribution >= 4 is 41.0 Å². The molecule has 0 spiro atoms. The Bertz CT molecular complexity index is 1480. The van der Waals surface area contributed by atoms with Crippen LogP contribution in [0.2, 0.25) is 0 Å². The molecule has 2 aromatic rings. The zero-order valence-corrected chi connectivity index (χ0v) is 28.7. The van der Waals surface area contributed by atoms with Crippen LogP contribution in [0, 0.1) is 5.92 Å². The highest BCUT2D eigenvalue weighted by atomic mass is 16.6. The van der Waals surface area contributed by atoms with Gasteiger partial charge >= 0.3 is 17.9 Å². The van der Waals surface area contributed by atoms with E-state index in [0.717, 1.165) is 55.8 Å². The summed E-state index contributed by atoms with van der Waals surface area (Å²) in [6, 6.07) is 9.15. The Morgan fingerprint density at radius 3 is 2.19 bits per heavy atom. The number of nitrogens with zero attached hydrogens (tertiary/aromatic N) is 5. The Hall–Kier alpha value is -4.19. The van der Waals surface area contributed by atoms with E-state index in [-0.39, 0.29) is 30.3 Å². The van der Waals surface area contributed by atoms with E-state index in [1.54, 1.807) is 31.7 Å². The molecule has 2 atom stereocenters. The maximum atomic E-state index is 13.9. The number of carbonyl (C=O) groups excluding carboxylic acids is 4. The quantitative estimate of drug-likeness (QED) is 0.441. The third-order valence-corrected chi connectivity index (χ3v) is 8.93. The number of anilines is 3. The molecule has 2 saturated heterocycles. The fraction of sp³-hybridized carbons (Fsp3) is 0.571. The van der Waals surface area contributed by atoms with Crippen LogP contribution in [0.4, 0.5) is 22.0 Å². The summed E-state index contributed by atoms with van der Waals surface area (Å²) in [5.74, 6) is -1.05. The molecule has 1 saturated carbocycles. The number of hydrogen-bond donors (Lipinski definition) is 2. The first kappa shape index (κ1) is 34.2. The molecule has 1 aromatic carbocycles. The molecule has 4 amide bonds. The van der Waals surface area contributed by atoms with Crippen LogP contribution >= 0.6 is 0 Å². The fourth-order valence-electron chi connectivity index (χ4n) is 6.17. The molecule has 5 rings (SSSR count). The molecule has 2 N–H and O–H groups in total. The van der Waals surface area contributed by atoms with Gasteiger partial charge in [0.1, 0.15) is 11.4 Å². The predicted octanol–water partition coefficient (Wildman–Crippen LogP) is 4.45. The molecule has 0 bridgehead atoms. The molecule has 1 aliphatic carbocycles. The highest BCUT2D eigenvalue weighted by Gasteiger charge is 2.40. The van der Waals surface area contributed by atoms with Crippen LogP contribution in [0.15, 0.2) is 36.5 Å². The summed E-state index contributed by atoms with van der Waals surface area (Å²) < 4.78 is 5.38. The van der Waals surface area contributed by atoms with Gasteiger partial charge in [0.05, 0.1) is 17.9 Å². The number of piperazine rings is 2. The summed E-state index contributed by atoms with van der Waals surface area (Å²) in [5, 5.41) is 5.47. The van der Waals surface area contributed by atoms with Crippen molar-refractivity contribution in [1.29, 1.82) is 0 Å². The van der Waals surface area contributed by atoms with Crippen LogP contribution in [0.1, 0.15) is 77.5 Å². The van der Waals surface area contributed by atoms with E-state index in [0.29, 0.717) is 18.1 Å². The van der Waals surface area contributed by atoms with E-state index in [9.17, 15) is 19.2 Å². The van der Waals surface area contributed by atoms with E-state index >= 15 is 0 Å². The second kappa shape index (κ2) is 13.9. The first-order valence-corrected chi connectivity index (χ1v) is 16.7. The van der Waals surface area contributed by atoms with Crippen LogP contribution in [0.25, 0.3) is 0 Å². The van der Waals surface area contributed by atoms with E-state index in [1.807, 2.05) is 37.8 Å². The summed E-state index contributed by atoms with van der Waals surface area (Å²) in [4.78, 5) is 65.4. The van der Waals surface area contributed by atoms with Gasteiger partial charge in [-0.3, -0.25) is 19.7 Å². The van der Waals surface area contributed by atoms with E-state index < -0.39 is 29.6 Å². The molecule has 12 nitrogen and oxygen atoms in total. The number of aromatic nitrogens is 1. The number of hydrogen-bond acceptors (Lipinski definition) is 8. The van der Waals surface area contributed by atoms with Crippen molar-refractivity contribution in [2.24, 2.45) is 5.92 Å². The molecule has 2 aliphatic heterocycles. The fourth-order valence-corrected chi connectivity index (χ4v) is 6.17. The topological polar surface area (TPSA) is 127 Å². The minimum atomic E-state index is -0.781. The largest absolute Gasteiger partial charge is 0.444 e. The van der Waals surface area contributed by atoms with Gasteiger partial charge in [0.25, 0.3) is 0 Å². The van der Waals surface area contributed by atoms with Gasteiger partial charge in [0.15, 0.2) is 0 Å². The Balaban J connectivity index is 1.34. The number of rotatable bonds is 6. The van der Waals surface area contributed by atoms with Gasteiger partial charge in [0, 0.05) is 62.5 Å². The molecule has 3 heterocycles. The third-order valence-electron chi connectivity index (χ3n) is 8.93. The first-order valence-electron chi connectivity index (χ1n) is 16.7. The molecule has 3 aliphatic rings. The highest BCUT2D eigenvalue weighted by molar-refractivity contribution is 6.39. The number of amides is 4. The monoisotopic (exact) mass is 647 g/mol. The maximum absolute atomic E-state index is 13.9. The minimum Gasteiger partial charge on any atom is -0.444 e. The van der Waals surface area contributed by atoms with Crippen molar-refractivity contribution in [3.63, 3.8) is 0 Å². The van der Waals surface area contributed by atoms with Gasteiger partial charge in [-0.15, -0.1) is 0 Å². The zero-order valence-electron chi connectivity index (χ0n) is 28.7. The van der Waals surface area contributed by atoms with E-state index in [1.165, 1.54) is 6.20 Å². The third kappa shape index (κ3) is 8.40. The minimum absolute atomic E-state index is 0.0202. The van der Waals surface area contributed by atoms with Gasteiger partial charge in [-0.25, -0.2) is 9.78 Å². The van der Waals surface area contributed by atoms with Crippen molar-refractivity contribution in [2.45, 2.75) is 78.0 Å². The molecule has 12 heteroatoms. The Labute approximate surface area is 277 Å². The summed E-state index contributed by atoms with van der Waals surface area (Å²) in [6.07, 6.45) is 2.70. The lowest BCUT2D eigenvalue weighted by Gasteiger charge is -2.45. The van der Waals surface area contributed by atoms with Crippen LogP contribution in [-0.2, 0) is 19.1 Å². The summed E-state index contributed by atoms with van der Waals surface area (Å²) in [5.41, 5.74) is 2.48. The normalized spacial score (nSPS) is 20.6. The van der Waals surface area contributed by atoms with E-state index in [4.69, 9.17) is 4.74 Å². The number of benzene rings is 1. The average Bonchev–Trinajstić information content (AvgIpc) is 3.86. The van der Waals surface area contributed by atoms with Crippen LogP contribution in [0.5, 0.6) is 0 Å². The number of likely N-dealkylation sites (N-methyl/N-ethyl adjacent to an activating group) is 1. The van der Waals surface area contributed by atoms with Crippen LogP contribution in [0.3, 0.4) is 0 Å². The summed E-state index contributed by atoms with van der Waals surface area (Å²) in [6.45, 7) is 15.4. The summed E-state index contributed by atoms with van der Waals surface area (Å²) in [7, 11) is 2.12. The predicted molar refractivity (Wildman–Crippen MR) is 181 cm³/mol. The average molecular weight is 648 g/mol. The molecule has 1 aromatic heterocycles. The first-order chi connectivity index (χ1) is 22.2. The van der Waals surface area contributed by atoms with Crippen LogP contribution < -0.4 is 15.5 Å². The van der Waals surface area contributed by atoms with Gasteiger partial charge in [-0.2, -0.15) is 0 Å². The molecule has 47 heavy (non-hydrogen) atoms. The van der Waals surface area contributed by atoms with Gasteiger partial charge in [-0.1, -0.05) is 26.0 Å². The molecule has 2 unspecified atom stereocenters. The van der Waals surface area contributed by atoms with Crippen molar-refractivity contribution in [3.8, 4) is 0 Å². The zero-order chi connectivity index (χ0) is 34.0. The lowest BCUT2D eigenvalue weighted by molar-refractivity contribution is -0.152. The van der Waals surface area contributed by atoms with Crippen molar-refractivity contribution in [2.75, 3.05) is 61.8 Å². The van der Waals surface area contributed by atoms with Crippen molar-refractivity contribution in [3.05, 3.63) is 47.7 Å². The number of pyridine rings is 1. The molecular weight excluding hydrogens is 598 g/mol. The Morgan fingerprint density at radius 1 is 0.936 bits per heavy atom. The lowest BCUT2D eigenvalue weighted by atomic mass is 9.97. The van der Waals surface area contributed by atoms with Crippen LogP contribution in [-0.4, -0.2) is 101 Å². The lowest BCUT2D eigenvalue weighted by Crippen LogP contribution is -2.59. The molecule has 0 radical (unpaired) electrons. The number of ether oxygens (including phenoxy) is 1. The Morgan fingerprint density at radius 2 is 1.60 bits per heavy atom. The molecular formula is C35H49N7O5. The summed E-state index contributed by atoms with van der Waals surface area (Å²) >= 11 is 0. The highest BCUT2D eigenvalue weighted by Crippen LogP contribution is 2.43. The van der Waals surface area contributed by atoms with Crippen molar-refractivity contribution < 1.29 is 23.9 Å². The van der Waals surface area contributed by atoms with E-state index in [2.05, 4.69) is 44.6 Å². The van der Waals surface area contributed by atoms with Gasteiger partial charge in [0.2, 0.25) is 5.91 Å². The Kier molecular flexibility index (Phi) is 10.1. The smallest absolute Gasteiger partial charge is 0.413 e. The molecule has 3 fully saturated rings. The SMILES string of the molecule is CC(C)C(=O)N1CC(c2ccc(N3CCN(C)CC3)cc2)N(C(=O)C(=O)Nc2cnc(NC(=O)OC(C)(C)C)c(C3CC3)c2)CC1C. The molecule has 254 valence electrons. The second-order valence-electron chi connectivity index (χ2n) is 14.4. The van der Waals surface area contributed by atoms with Crippen molar-refractivity contribution in [1.82, 2.24) is 19.7 Å². The number of nitrogens with one attached hydrogen (secondary N) is 2. The maximum Gasteiger partial charge on any atom is 0.413 e. The number of carbonyl (C=O) groups is 4.